The Hall–Kier alpha value is -3.08. The van der Waals surface area contributed by atoms with Crippen LogP contribution in [0.5, 0.6) is 0 Å². The molecule has 1 aliphatic heterocycles. The lowest BCUT2D eigenvalue weighted by Gasteiger charge is -2.22. The third kappa shape index (κ3) is 4.09. The molecule has 0 bridgehead atoms. The maximum absolute atomic E-state index is 14.4. The quantitative estimate of drug-likeness (QED) is 0.636. The van der Waals surface area contributed by atoms with E-state index < -0.39 is 0 Å². The van der Waals surface area contributed by atoms with Gasteiger partial charge in [-0.3, -0.25) is 4.79 Å². The minimum absolute atomic E-state index is 0.179. The number of H-pyrrole nitrogens is 1. The normalized spacial score (nSPS) is 13.7. The van der Waals surface area contributed by atoms with Crippen LogP contribution in [0.4, 0.5) is 15.8 Å². The van der Waals surface area contributed by atoms with Crippen LogP contribution < -0.4 is 10.2 Å². The zero-order chi connectivity index (χ0) is 19.3. The Bertz CT molecular complexity index is 945. The predicted octanol–water partition coefficient (Wildman–Crippen LogP) is 4.99. The van der Waals surface area contributed by atoms with Gasteiger partial charge >= 0.3 is 0 Å². The van der Waals surface area contributed by atoms with E-state index in [-0.39, 0.29) is 11.7 Å². The van der Waals surface area contributed by atoms with Gasteiger partial charge in [-0.15, -0.1) is 0 Å². The van der Waals surface area contributed by atoms with E-state index in [9.17, 15) is 9.18 Å². The Balaban J connectivity index is 1.40. The number of carbonyl (C=O) groups excluding carboxylic acids is 1. The lowest BCUT2D eigenvalue weighted by atomic mass is 10.2. The van der Waals surface area contributed by atoms with Crippen LogP contribution in [0.25, 0.3) is 11.3 Å². The van der Waals surface area contributed by atoms with Crippen molar-refractivity contribution in [1.29, 1.82) is 0 Å². The summed E-state index contributed by atoms with van der Waals surface area (Å²) in [6.45, 7) is 1.80. The van der Waals surface area contributed by atoms with Crippen molar-refractivity contribution in [3.63, 3.8) is 0 Å². The first-order chi connectivity index (χ1) is 13.7. The Labute approximate surface area is 164 Å². The van der Waals surface area contributed by atoms with Crippen LogP contribution >= 0.6 is 0 Å². The summed E-state index contributed by atoms with van der Waals surface area (Å²) in [5.41, 5.74) is 4.20. The number of aromatic nitrogens is 1. The van der Waals surface area contributed by atoms with E-state index >= 15 is 0 Å². The highest BCUT2D eigenvalue weighted by atomic mass is 19.1. The number of hydrogen-bond donors (Lipinski definition) is 2. The van der Waals surface area contributed by atoms with Crippen molar-refractivity contribution < 1.29 is 9.18 Å². The van der Waals surface area contributed by atoms with E-state index in [1.807, 2.05) is 48.5 Å². The number of rotatable bonds is 6. The van der Waals surface area contributed by atoms with Gasteiger partial charge in [0.25, 0.3) is 0 Å². The number of nitrogens with one attached hydrogen (secondary N) is 2. The van der Waals surface area contributed by atoms with Crippen LogP contribution in [0, 0.1) is 5.82 Å². The number of halogens is 1. The number of aromatic amines is 1. The second kappa shape index (κ2) is 8.30. The molecule has 0 atom stereocenters. The summed E-state index contributed by atoms with van der Waals surface area (Å²) in [5, 5.41) is 2.79. The minimum atomic E-state index is -0.385. The number of carbonyl (C=O) groups is 1. The average Bonchev–Trinajstić information content (AvgIpc) is 3.41. The molecule has 144 valence electrons. The van der Waals surface area contributed by atoms with Gasteiger partial charge in [-0.05, 0) is 49.1 Å². The average molecular weight is 377 g/mol. The summed E-state index contributed by atoms with van der Waals surface area (Å²) in [6, 6.07) is 19.0. The molecule has 1 aliphatic rings. The molecule has 0 saturated carbocycles. The van der Waals surface area contributed by atoms with Gasteiger partial charge in [0.2, 0.25) is 5.91 Å². The van der Waals surface area contributed by atoms with Crippen molar-refractivity contribution in [2.24, 2.45) is 0 Å². The second-order valence-corrected chi connectivity index (χ2v) is 7.14. The first-order valence-corrected chi connectivity index (χ1v) is 9.77. The number of benzene rings is 2. The van der Waals surface area contributed by atoms with Crippen LogP contribution in [0.15, 0.2) is 60.7 Å². The van der Waals surface area contributed by atoms with Gasteiger partial charge in [0.15, 0.2) is 0 Å². The lowest BCUT2D eigenvalue weighted by Crippen LogP contribution is -2.22. The van der Waals surface area contributed by atoms with Gasteiger partial charge in [-0.1, -0.05) is 36.4 Å². The molecule has 1 amide bonds. The minimum Gasteiger partial charge on any atom is -0.370 e. The molecule has 2 N–H and O–H groups in total. The highest BCUT2D eigenvalue weighted by Crippen LogP contribution is 2.31. The van der Waals surface area contributed by atoms with Crippen LogP contribution in [0.2, 0.25) is 0 Å². The second-order valence-electron chi connectivity index (χ2n) is 7.14. The molecule has 0 aliphatic carbocycles. The monoisotopic (exact) mass is 377 g/mol. The summed E-state index contributed by atoms with van der Waals surface area (Å²) in [5.74, 6) is -0.564. The third-order valence-corrected chi connectivity index (χ3v) is 5.16. The maximum Gasteiger partial charge on any atom is 0.224 e. The molecule has 4 nitrogen and oxygen atoms in total. The molecule has 4 rings (SSSR count). The molecule has 28 heavy (non-hydrogen) atoms. The van der Waals surface area contributed by atoms with E-state index in [1.165, 1.54) is 6.07 Å². The standard InChI is InChI=1S/C23H24FN3O/c24-19-9-6-10-21(27-15-4-5-16-27)23(19)26-22(28)14-12-18-11-13-20(25-18)17-7-2-1-3-8-17/h1-3,6-11,13,25H,4-5,12,14-16H2,(H,26,28). The number of nitrogens with zero attached hydrogens (tertiary/aromatic N) is 1. The molecule has 0 radical (unpaired) electrons. The molecule has 3 aromatic rings. The van der Waals surface area contributed by atoms with Gasteiger partial charge < -0.3 is 15.2 Å². The van der Waals surface area contributed by atoms with Gasteiger partial charge in [0.1, 0.15) is 11.5 Å². The van der Waals surface area contributed by atoms with Crippen LogP contribution in [-0.4, -0.2) is 24.0 Å². The number of aryl methyl sites for hydroxylation is 1. The smallest absolute Gasteiger partial charge is 0.224 e. The molecule has 1 aromatic heterocycles. The van der Waals surface area contributed by atoms with Crippen molar-refractivity contribution >= 4 is 17.3 Å². The topological polar surface area (TPSA) is 48.1 Å². The van der Waals surface area contributed by atoms with Crippen molar-refractivity contribution in [3.8, 4) is 11.3 Å². The van der Waals surface area contributed by atoms with Crippen LogP contribution in [-0.2, 0) is 11.2 Å². The molecule has 2 heterocycles. The SMILES string of the molecule is O=C(CCc1ccc(-c2ccccc2)[nH]1)Nc1c(F)cccc1N1CCCC1. The van der Waals surface area contributed by atoms with Gasteiger partial charge in [0, 0.05) is 30.9 Å². The van der Waals surface area contributed by atoms with Crippen molar-refractivity contribution in [3.05, 3.63) is 72.2 Å². The number of para-hydroxylation sites is 1. The number of anilines is 2. The van der Waals surface area contributed by atoms with Crippen LogP contribution in [0.1, 0.15) is 25.0 Å². The van der Waals surface area contributed by atoms with E-state index in [0.717, 1.165) is 48.6 Å². The highest BCUT2D eigenvalue weighted by molar-refractivity contribution is 5.94. The molecular formula is C23H24FN3O. The van der Waals surface area contributed by atoms with Gasteiger partial charge in [-0.25, -0.2) is 4.39 Å². The lowest BCUT2D eigenvalue weighted by molar-refractivity contribution is -0.116. The van der Waals surface area contributed by atoms with E-state index in [4.69, 9.17) is 0 Å². The Morgan fingerprint density at radius 2 is 1.79 bits per heavy atom. The zero-order valence-electron chi connectivity index (χ0n) is 15.7. The first-order valence-electron chi connectivity index (χ1n) is 9.77. The highest BCUT2D eigenvalue weighted by Gasteiger charge is 2.19. The number of amides is 1. The predicted molar refractivity (Wildman–Crippen MR) is 111 cm³/mol. The van der Waals surface area contributed by atoms with Crippen molar-refractivity contribution in [2.75, 3.05) is 23.3 Å². The van der Waals surface area contributed by atoms with Crippen molar-refractivity contribution in [2.45, 2.75) is 25.7 Å². The molecule has 0 spiro atoms. The van der Waals surface area contributed by atoms with Gasteiger partial charge in [-0.2, -0.15) is 0 Å². The van der Waals surface area contributed by atoms with E-state index in [2.05, 4.69) is 15.2 Å². The third-order valence-electron chi connectivity index (χ3n) is 5.16. The first kappa shape index (κ1) is 18.3. The Morgan fingerprint density at radius 3 is 2.57 bits per heavy atom. The van der Waals surface area contributed by atoms with Crippen molar-refractivity contribution in [1.82, 2.24) is 4.98 Å². The fourth-order valence-electron chi connectivity index (χ4n) is 3.68. The summed E-state index contributed by atoms with van der Waals surface area (Å²) >= 11 is 0. The molecular weight excluding hydrogens is 353 g/mol. The largest absolute Gasteiger partial charge is 0.370 e. The van der Waals surface area contributed by atoms with E-state index in [0.29, 0.717) is 18.5 Å². The summed E-state index contributed by atoms with van der Waals surface area (Å²) < 4.78 is 14.4. The maximum atomic E-state index is 14.4. The molecule has 1 saturated heterocycles. The molecule has 0 unspecified atom stereocenters. The summed E-state index contributed by atoms with van der Waals surface area (Å²) in [6.07, 6.45) is 3.07. The fourth-order valence-corrected chi connectivity index (χ4v) is 3.68. The zero-order valence-corrected chi connectivity index (χ0v) is 15.7. The molecule has 5 heteroatoms. The Morgan fingerprint density at radius 1 is 1.00 bits per heavy atom. The molecule has 2 aromatic carbocycles. The Kier molecular flexibility index (Phi) is 5.42. The fraction of sp³-hybridized carbons (Fsp3) is 0.261. The van der Waals surface area contributed by atoms with E-state index in [1.54, 1.807) is 6.07 Å². The van der Waals surface area contributed by atoms with Gasteiger partial charge in [0.05, 0.1) is 5.69 Å². The van der Waals surface area contributed by atoms with Crippen LogP contribution in [0.3, 0.4) is 0 Å². The number of hydrogen-bond acceptors (Lipinski definition) is 2. The molecule has 1 fully saturated rings. The summed E-state index contributed by atoms with van der Waals surface area (Å²) in [4.78, 5) is 18.0. The summed E-state index contributed by atoms with van der Waals surface area (Å²) in [7, 11) is 0.